The zero-order valence-corrected chi connectivity index (χ0v) is 15.1. The molecule has 24 heavy (non-hydrogen) atoms. The Labute approximate surface area is 147 Å². The summed E-state index contributed by atoms with van der Waals surface area (Å²) in [5, 5.41) is 0.434. The molecule has 0 aliphatic carbocycles. The highest BCUT2D eigenvalue weighted by atomic mass is 35.5. The number of piperazine rings is 1. The number of sulfonamides is 1. The van der Waals surface area contributed by atoms with E-state index < -0.39 is 10.0 Å². The van der Waals surface area contributed by atoms with E-state index >= 15 is 0 Å². The standard InChI is InChI=1S/C16H21ClN2O4S/c1-12-4-5-13(11-14(12)17)24(21,22)19-8-6-18(7-9-19)16(20)15-3-2-10-23-15/h4-5,11,15H,2-3,6-10H2,1H3. The van der Waals surface area contributed by atoms with Crippen molar-refractivity contribution >= 4 is 27.5 Å². The highest BCUT2D eigenvalue weighted by molar-refractivity contribution is 7.89. The minimum atomic E-state index is -3.59. The van der Waals surface area contributed by atoms with Crippen molar-refractivity contribution in [3.63, 3.8) is 0 Å². The fourth-order valence-electron chi connectivity index (χ4n) is 3.01. The summed E-state index contributed by atoms with van der Waals surface area (Å²) in [7, 11) is -3.59. The van der Waals surface area contributed by atoms with Crippen LogP contribution in [0.4, 0.5) is 0 Å². The summed E-state index contributed by atoms with van der Waals surface area (Å²) >= 11 is 6.05. The van der Waals surface area contributed by atoms with Gasteiger partial charge >= 0.3 is 0 Å². The smallest absolute Gasteiger partial charge is 0.251 e. The topological polar surface area (TPSA) is 66.9 Å². The minimum Gasteiger partial charge on any atom is -0.368 e. The predicted molar refractivity (Wildman–Crippen MR) is 90.5 cm³/mol. The Morgan fingerprint density at radius 1 is 1.25 bits per heavy atom. The Balaban J connectivity index is 1.67. The number of hydrogen-bond donors (Lipinski definition) is 0. The first kappa shape index (κ1) is 17.7. The maximum Gasteiger partial charge on any atom is 0.251 e. The van der Waals surface area contributed by atoms with Crippen LogP contribution in [0.5, 0.6) is 0 Å². The highest BCUT2D eigenvalue weighted by Crippen LogP contribution is 2.24. The van der Waals surface area contributed by atoms with Crippen LogP contribution in [-0.2, 0) is 19.6 Å². The highest BCUT2D eigenvalue weighted by Gasteiger charge is 2.34. The van der Waals surface area contributed by atoms with Gasteiger partial charge in [-0.25, -0.2) is 8.42 Å². The molecule has 0 spiro atoms. The van der Waals surface area contributed by atoms with Crippen LogP contribution in [0.15, 0.2) is 23.1 Å². The number of benzene rings is 1. The Morgan fingerprint density at radius 2 is 1.96 bits per heavy atom. The van der Waals surface area contributed by atoms with E-state index in [1.54, 1.807) is 17.0 Å². The molecule has 2 aliphatic heterocycles. The Kier molecular flexibility index (Phi) is 5.15. The maximum absolute atomic E-state index is 12.7. The zero-order valence-electron chi connectivity index (χ0n) is 13.6. The van der Waals surface area contributed by atoms with Crippen LogP contribution in [-0.4, -0.2) is 62.4 Å². The van der Waals surface area contributed by atoms with Crippen molar-refractivity contribution in [3.8, 4) is 0 Å². The lowest BCUT2D eigenvalue weighted by atomic mass is 10.2. The molecule has 6 nitrogen and oxygen atoms in total. The molecule has 1 aromatic rings. The van der Waals surface area contributed by atoms with Gasteiger partial charge in [-0.2, -0.15) is 4.31 Å². The van der Waals surface area contributed by atoms with Gasteiger partial charge < -0.3 is 9.64 Å². The molecule has 1 atom stereocenters. The molecule has 0 saturated carbocycles. The molecule has 1 aromatic carbocycles. The van der Waals surface area contributed by atoms with Gasteiger partial charge in [0.25, 0.3) is 5.91 Å². The first-order chi connectivity index (χ1) is 11.4. The summed E-state index contributed by atoms with van der Waals surface area (Å²) < 4.78 is 32.3. The Morgan fingerprint density at radius 3 is 2.54 bits per heavy atom. The monoisotopic (exact) mass is 372 g/mol. The molecule has 2 aliphatic rings. The zero-order chi connectivity index (χ0) is 17.3. The van der Waals surface area contributed by atoms with Gasteiger partial charge in [-0.1, -0.05) is 17.7 Å². The molecule has 0 bridgehead atoms. The van der Waals surface area contributed by atoms with Crippen molar-refractivity contribution in [3.05, 3.63) is 28.8 Å². The average molecular weight is 373 g/mol. The first-order valence-corrected chi connectivity index (χ1v) is 9.88. The number of halogens is 1. The predicted octanol–water partition coefficient (Wildman–Crippen LogP) is 1.66. The Hall–Kier alpha value is -1.15. The normalized spacial score (nSPS) is 22.8. The molecule has 2 heterocycles. The Bertz CT molecular complexity index is 724. The number of hydrogen-bond acceptors (Lipinski definition) is 4. The van der Waals surface area contributed by atoms with E-state index in [1.807, 2.05) is 6.92 Å². The number of ether oxygens (including phenoxy) is 1. The molecular weight excluding hydrogens is 352 g/mol. The minimum absolute atomic E-state index is 0.0251. The van der Waals surface area contributed by atoms with Crippen molar-refractivity contribution < 1.29 is 17.9 Å². The van der Waals surface area contributed by atoms with Gasteiger partial charge in [-0.15, -0.1) is 0 Å². The van der Waals surface area contributed by atoms with Crippen LogP contribution in [0.1, 0.15) is 18.4 Å². The van der Waals surface area contributed by atoms with Crippen molar-refractivity contribution in [1.29, 1.82) is 0 Å². The van der Waals surface area contributed by atoms with Gasteiger partial charge in [-0.3, -0.25) is 4.79 Å². The van der Waals surface area contributed by atoms with Crippen molar-refractivity contribution in [2.45, 2.75) is 30.8 Å². The van der Waals surface area contributed by atoms with E-state index in [1.165, 1.54) is 10.4 Å². The van der Waals surface area contributed by atoms with E-state index in [9.17, 15) is 13.2 Å². The molecule has 0 radical (unpaired) electrons. The fourth-order valence-corrected chi connectivity index (χ4v) is 4.70. The lowest BCUT2D eigenvalue weighted by Gasteiger charge is -2.35. The largest absolute Gasteiger partial charge is 0.368 e. The number of carbonyl (C=O) groups excluding carboxylic acids is 1. The van der Waals surface area contributed by atoms with Crippen molar-refractivity contribution in [1.82, 2.24) is 9.21 Å². The van der Waals surface area contributed by atoms with Gasteiger partial charge in [-0.05, 0) is 37.5 Å². The van der Waals surface area contributed by atoms with E-state index in [0.29, 0.717) is 24.7 Å². The van der Waals surface area contributed by atoms with Crippen LogP contribution < -0.4 is 0 Å². The third-order valence-electron chi connectivity index (χ3n) is 4.54. The van der Waals surface area contributed by atoms with Gasteiger partial charge in [0.1, 0.15) is 6.10 Å². The van der Waals surface area contributed by atoms with Crippen LogP contribution in [0.3, 0.4) is 0 Å². The molecule has 0 aromatic heterocycles. The number of carbonyl (C=O) groups is 1. The van der Waals surface area contributed by atoms with Crippen molar-refractivity contribution in [2.75, 3.05) is 32.8 Å². The molecule has 2 saturated heterocycles. The van der Waals surface area contributed by atoms with E-state index in [4.69, 9.17) is 16.3 Å². The molecule has 0 N–H and O–H groups in total. The lowest BCUT2D eigenvalue weighted by Crippen LogP contribution is -2.52. The van der Waals surface area contributed by atoms with E-state index in [0.717, 1.165) is 18.4 Å². The quantitative estimate of drug-likeness (QED) is 0.809. The summed E-state index contributed by atoms with van der Waals surface area (Å²) in [5.41, 5.74) is 0.836. The molecule has 1 amide bonds. The summed E-state index contributed by atoms with van der Waals surface area (Å²) in [5.74, 6) is -0.0251. The SMILES string of the molecule is Cc1ccc(S(=O)(=O)N2CCN(C(=O)C3CCCO3)CC2)cc1Cl. The fraction of sp³-hybridized carbons (Fsp3) is 0.562. The van der Waals surface area contributed by atoms with E-state index in [2.05, 4.69) is 0 Å². The van der Waals surface area contributed by atoms with E-state index in [-0.39, 0.29) is 30.0 Å². The number of amides is 1. The van der Waals surface area contributed by atoms with Crippen LogP contribution in [0.25, 0.3) is 0 Å². The van der Waals surface area contributed by atoms with Crippen LogP contribution in [0.2, 0.25) is 5.02 Å². The number of nitrogens with zero attached hydrogens (tertiary/aromatic N) is 2. The van der Waals surface area contributed by atoms with Gasteiger partial charge in [0.2, 0.25) is 10.0 Å². The van der Waals surface area contributed by atoms with Crippen molar-refractivity contribution in [2.24, 2.45) is 0 Å². The number of aryl methyl sites for hydroxylation is 1. The lowest BCUT2D eigenvalue weighted by molar-refractivity contribution is -0.142. The third-order valence-corrected chi connectivity index (χ3v) is 6.84. The summed E-state index contributed by atoms with van der Waals surface area (Å²) in [6.07, 6.45) is 1.29. The first-order valence-electron chi connectivity index (χ1n) is 8.06. The summed E-state index contributed by atoms with van der Waals surface area (Å²) in [6, 6.07) is 4.75. The molecule has 3 rings (SSSR count). The number of rotatable bonds is 3. The molecular formula is C16H21ClN2O4S. The van der Waals surface area contributed by atoms with Gasteiger partial charge in [0.15, 0.2) is 0 Å². The summed E-state index contributed by atoms with van der Waals surface area (Å²) in [6.45, 7) is 3.79. The van der Waals surface area contributed by atoms with Crippen LogP contribution >= 0.6 is 11.6 Å². The second-order valence-electron chi connectivity index (χ2n) is 6.14. The average Bonchev–Trinajstić information content (AvgIpc) is 3.11. The van der Waals surface area contributed by atoms with Crippen LogP contribution in [0, 0.1) is 6.92 Å². The molecule has 8 heteroatoms. The molecule has 132 valence electrons. The second kappa shape index (κ2) is 7.00. The summed E-state index contributed by atoms with van der Waals surface area (Å²) in [4.78, 5) is 14.2. The van der Waals surface area contributed by atoms with Gasteiger partial charge in [0.05, 0.1) is 4.90 Å². The molecule has 2 fully saturated rings. The third kappa shape index (κ3) is 3.44. The second-order valence-corrected chi connectivity index (χ2v) is 8.49. The maximum atomic E-state index is 12.7. The van der Waals surface area contributed by atoms with Gasteiger partial charge in [0, 0.05) is 37.8 Å². The molecule has 1 unspecified atom stereocenters.